The van der Waals surface area contributed by atoms with Crippen molar-refractivity contribution in [1.29, 1.82) is 0 Å². The molecule has 0 aliphatic heterocycles. The molecule has 2 nitrogen and oxygen atoms in total. The minimum Gasteiger partial charge on any atom is -0.662 e. The molecular weight excluding hydrogens is 364 g/mol. The number of fused-ring (bicyclic) bond motifs is 3. The molecule has 2 heterocycles. The third-order valence-electron chi connectivity index (χ3n) is 2.56. The van der Waals surface area contributed by atoms with Crippen LogP contribution < -0.4 is 4.98 Å². The maximum absolute atomic E-state index is 4.38. The van der Waals surface area contributed by atoms with Crippen LogP contribution in [0.15, 0.2) is 36.7 Å². The van der Waals surface area contributed by atoms with Crippen LogP contribution in [0.1, 0.15) is 5.56 Å². The molecule has 0 N–H and O–H groups in total. The maximum Gasteiger partial charge on any atom is 0.0563 e. The zero-order valence-electron chi connectivity index (χ0n) is 8.19. The van der Waals surface area contributed by atoms with Gasteiger partial charge in [0.05, 0.1) is 5.52 Å². The molecule has 0 spiro atoms. The van der Waals surface area contributed by atoms with Gasteiger partial charge in [-0.25, -0.2) is 0 Å². The van der Waals surface area contributed by atoms with E-state index < -0.39 is 0 Å². The molecule has 1 radical (unpaired) electrons. The molecule has 3 rings (SSSR count). The second-order valence-electron chi connectivity index (χ2n) is 3.48. The van der Waals surface area contributed by atoms with Gasteiger partial charge in [-0.1, -0.05) is 18.2 Å². The Morgan fingerprint density at radius 1 is 1.27 bits per heavy atom. The van der Waals surface area contributed by atoms with E-state index in [2.05, 4.69) is 29.0 Å². The Balaban J connectivity index is 0.000000853. The Morgan fingerprint density at radius 2 is 2.13 bits per heavy atom. The summed E-state index contributed by atoms with van der Waals surface area (Å²) in [4.78, 5) is 8.71. The smallest absolute Gasteiger partial charge is 0.0563 e. The number of rotatable bonds is 0. The van der Waals surface area contributed by atoms with Crippen molar-refractivity contribution < 1.29 is 20.1 Å². The second kappa shape index (κ2) is 3.76. The van der Waals surface area contributed by atoms with Crippen molar-refractivity contribution in [3.05, 3.63) is 42.2 Å². The summed E-state index contributed by atoms with van der Waals surface area (Å²) in [6, 6.07) is 8.23. The summed E-state index contributed by atoms with van der Waals surface area (Å²) in [5, 5.41) is 2.37. The number of aryl methyl sites for hydroxylation is 1. The Hall–Kier alpha value is -1.18. The van der Waals surface area contributed by atoms with E-state index in [0.717, 1.165) is 11.0 Å². The summed E-state index contributed by atoms with van der Waals surface area (Å²) in [7, 11) is 0. The van der Waals surface area contributed by atoms with Crippen LogP contribution in [-0.2, 0) is 20.1 Å². The van der Waals surface area contributed by atoms with Gasteiger partial charge in [0.2, 0.25) is 0 Å². The number of hydrogen-bond acceptors (Lipinski definition) is 1. The molecule has 0 aliphatic carbocycles. The average Bonchev–Trinajstić information content (AvgIpc) is 2.66. The van der Waals surface area contributed by atoms with Gasteiger partial charge in [-0.3, -0.25) is 4.98 Å². The minimum absolute atomic E-state index is 0. The van der Waals surface area contributed by atoms with Crippen LogP contribution >= 0.6 is 0 Å². The fraction of sp³-hybridized carbons (Fsp3) is 0.0833. The fourth-order valence-electron chi connectivity index (χ4n) is 1.88. The van der Waals surface area contributed by atoms with E-state index in [9.17, 15) is 0 Å². The third kappa shape index (κ3) is 1.48. The molecule has 0 bridgehead atoms. The van der Waals surface area contributed by atoms with Gasteiger partial charge in [-0.2, -0.15) is 6.20 Å². The molecule has 0 amide bonds. The predicted molar refractivity (Wildman–Crippen MR) is 57.3 cm³/mol. The molecule has 0 saturated carbocycles. The van der Waals surface area contributed by atoms with Gasteiger partial charge in [0.25, 0.3) is 0 Å². The number of aromatic nitrogens is 2. The average molecular weight is 373 g/mol. The molecule has 0 atom stereocenters. The van der Waals surface area contributed by atoms with E-state index in [0.29, 0.717) is 0 Å². The molecule has 1 aromatic carbocycles. The topological polar surface area (TPSA) is 27.0 Å². The number of hydrogen-bond donors (Lipinski definition) is 0. The summed E-state index contributed by atoms with van der Waals surface area (Å²) in [6.07, 6.45) is 3.65. The van der Waals surface area contributed by atoms with Gasteiger partial charge in [-0.05, 0) is 23.9 Å². The summed E-state index contributed by atoms with van der Waals surface area (Å²) < 4.78 is 0. The van der Waals surface area contributed by atoms with E-state index in [1.807, 2.05) is 24.5 Å². The molecule has 0 saturated heterocycles. The van der Waals surface area contributed by atoms with Crippen LogP contribution in [0.2, 0.25) is 0 Å². The summed E-state index contributed by atoms with van der Waals surface area (Å²) in [5.74, 6) is 0. The van der Waals surface area contributed by atoms with Crippen LogP contribution in [0.4, 0.5) is 0 Å². The summed E-state index contributed by atoms with van der Waals surface area (Å²) >= 11 is 0. The van der Waals surface area contributed by atoms with Gasteiger partial charge in [0.15, 0.2) is 0 Å². The van der Waals surface area contributed by atoms with Gasteiger partial charge < -0.3 is 4.98 Å². The van der Waals surface area contributed by atoms with Crippen molar-refractivity contribution in [2.45, 2.75) is 6.92 Å². The van der Waals surface area contributed by atoms with Crippen LogP contribution in [0.3, 0.4) is 0 Å². The zero-order chi connectivity index (χ0) is 9.54. The Bertz CT molecular complexity index is 613. The summed E-state index contributed by atoms with van der Waals surface area (Å²) in [5.41, 5.74) is 3.27. The zero-order valence-corrected chi connectivity index (χ0v) is 10.6. The fourth-order valence-corrected chi connectivity index (χ4v) is 1.88. The van der Waals surface area contributed by atoms with Crippen LogP contribution in [0, 0.1) is 6.92 Å². The summed E-state index contributed by atoms with van der Waals surface area (Å²) in [6.45, 7) is 2.11. The molecule has 0 aliphatic rings. The molecule has 3 aromatic rings. The van der Waals surface area contributed by atoms with Crippen molar-refractivity contribution in [2.24, 2.45) is 0 Å². The number of pyridine rings is 1. The van der Waals surface area contributed by atoms with Crippen molar-refractivity contribution in [3.8, 4) is 0 Å². The number of benzene rings is 1. The van der Waals surface area contributed by atoms with E-state index in [4.69, 9.17) is 0 Å². The second-order valence-corrected chi connectivity index (χ2v) is 3.48. The molecular formula is C12H9IrN2-. The largest absolute Gasteiger partial charge is 0.662 e. The third-order valence-corrected chi connectivity index (χ3v) is 2.56. The first kappa shape index (κ1) is 10.3. The van der Waals surface area contributed by atoms with Crippen LogP contribution in [-0.4, -0.2) is 4.98 Å². The molecule has 15 heavy (non-hydrogen) atoms. The van der Waals surface area contributed by atoms with Gasteiger partial charge in [-0.15, -0.1) is 5.52 Å². The normalized spacial score (nSPS) is 10.5. The van der Waals surface area contributed by atoms with Gasteiger partial charge in [0, 0.05) is 31.7 Å². The van der Waals surface area contributed by atoms with E-state index in [1.54, 1.807) is 0 Å². The Kier molecular flexibility index (Phi) is 2.59. The van der Waals surface area contributed by atoms with Gasteiger partial charge in [0.1, 0.15) is 0 Å². The quantitative estimate of drug-likeness (QED) is 0.606. The minimum atomic E-state index is 0. The maximum atomic E-state index is 4.38. The van der Waals surface area contributed by atoms with E-state index in [1.165, 1.54) is 16.3 Å². The standard InChI is InChI=1S/C12H9N2.Ir/c1-8-7-9-4-6-14-11(9)12-10(8)3-2-5-13-12;/h2-7H,1H3;/q-1;. The molecule has 0 fully saturated rings. The van der Waals surface area contributed by atoms with Crippen molar-refractivity contribution in [3.63, 3.8) is 0 Å². The molecule has 0 unspecified atom stereocenters. The van der Waals surface area contributed by atoms with Crippen LogP contribution in [0.5, 0.6) is 0 Å². The molecule has 2 aromatic heterocycles. The van der Waals surface area contributed by atoms with Gasteiger partial charge >= 0.3 is 0 Å². The first-order chi connectivity index (χ1) is 6.86. The predicted octanol–water partition coefficient (Wildman–Crippen LogP) is 2.65. The van der Waals surface area contributed by atoms with Crippen molar-refractivity contribution >= 4 is 21.8 Å². The first-order valence-electron chi connectivity index (χ1n) is 4.62. The monoisotopic (exact) mass is 374 g/mol. The molecule has 77 valence electrons. The SMILES string of the molecule is Cc1cc2cc[n-]c2c2ncccc12.[Ir]. The Labute approximate surface area is 101 Å². The van der Waals surface area contributed by atoms with Crippen molar-refractivity contribution in [2.75, 3.05) is 0 Å². The molecule has 3 heteroatoms. The van der Waals surface area contributed by atoms with E-state index >= 15 is 0 Å². The first-order valence-corrected chi connectivity index (χ1v) is 4.62. The van der Waals surface area contributed by atoms with Crippen molar-refractivity contribution in [1.82, 2.24) is 9.97 Å². The Morgan fingerprint density at radius 3 is 3.00 bits per heavy atom. The van der Waals surface area contributed by atoms with Crippen LogP contribution in [0.25, 0.3) is 21.8 Å². The van der Waals surface area contributed by atoms with E-state index in [-0.39, 0.29) is 20.1 Å². The number of nitrogens with zero attached hydrogens (tertiary/aromatic N) is 2.